The average Bonchev–Trinajstić information content (AvgIpc) is 2.56. The second kappa shape index (κ2) is 8.10. The van der Waals surface area contributed by atoms with Gasteiger partial charge in [-0.2, -0.15) is 5.10 Å². The van der Waals surface area contributed by atoms with E-state index in [1.54, 1.807) is 38.1 Å². The summed E-state index contributed by atoms with van der Waals surface area (Å²) in [6, 6.07) is 10.8. The van der Waals surface area contributed by atoms with Crippen molar-refractivity contribution < 1.29 is 19.0 Å². The molecule has 0 saturated carbocycles. The summed E-state index contributed by atoms with van der Waals surface area (Å²) >= 11 is 0. The first-order valence-electron chi connectivity index (χ1n) is 7.55. The summed E-state index contributed by atoms with van der Waals surface area (Å²) in [6.07, 6.45) is 0.956. The fraction of sp³-hybridized carbons (Fsp3) is 0.222. The van der Waals surface area contributed by atoms with Gasteiger partial charge in [0.15, 0.2) is 6.10 Å². The van der Waals surface area contributed by atoms with Crippen LogP contribution >= 0.6 is 0 Å². The highest BCUT2D eigenvalue weighted by Crippen LogP contribution is 2.19. The number of carbonyl (C=O) groups excluding carboxylic acids is 1. The van der Waals surface area contributed by atoms with Crippen molar-refractivity contribution in [3.63, 3.8) is 0 Å². The first-order chi connectivity index (χ1) is 11.5. The van der Waals surface area contributed by atoms with E-state index < -0.39 is 17.8 Å². The molecular formula is C18H19FN2O3. The molecule has 0 aliphatic rings. The third-order valence-corrected chi connectivity index (χ3v) is 3.38. The van der Waals surface area contributed by atoms with E-state index in [1.807, 2.05) is 0 Å². The molecule has 2 aromatic rings. The van der Waals surface area contributed by atoms with Crippen LogP contribution in [0, 0.1) is 12.7 Å². The van der Waals surface area contributed by atoms with Crippen LogP contribution in [-0.4, -0.2) is 23.3 Å². The van der Waals surface area contributed by atoms with E-state index in [-0.39, 0.29) is 11.5 Å². The van der Waals surface area contributed by atoms with Crippen LogP contribution in [0.5, 0.6) is 11.5 Å². The lowest BCUT2D eigenvalue weighted by molar-refractivity contribution is -0.128. The number of aromatic hydroxyl groups is 1. The average molecular weight is 330 g/mol. The second-order valence-electron chi connectivity index (χ2n) is 5.22. The number of aryl methyl sites for hydroxylation is 1. The van der Waals surface area contributed by atoms with Crippen molar-refractivity contribution in [3.05, 3.63) is 59.4 Å². The maximum atomic E-state index is 13.2. The Labute approximate surface area is 139 Å². The Morgan fingerprint density at radius 2 is 2.12 bits per heavy atom. The van der Waals surface area contributed by atoms with Gasteiger partial charge in [-0.15, -0.1) is 0 Å². The Morgan fingerprint density at radius 3 is 2.83 bits per heavy atom. The van der Waals surface area contributed by atoms with Crippen LogP contribution in [0.4, 0.5) is 4.39 Å². The minimum atomic E-state index is -0.796. The minimum absolute atomic E-state index is 0.110. The van der Waals surface area contributed by atoms with Gasteiger partial charge in [0, 0.05) is 11.6 Å². The van der Waals surface area contributed by atoms with E-state index >= 15 is 0 Å². The Bertz CT molecular complexity index is 747. The number of rotatable bonds is 6. The third-order valence-electron chi connectivity index (χ3n) is 3.38. The Hall–Kier alpha value is -2.89. The molecule has 126 valence electrons. The van der Waals surface area contributed by atoms with Crippen LogP contribution in [0.1, 0.15) is 24.5 Å². The summed E-state index contributed by atoms with van der Waals surface area (Å²) in [5, 5.41) is 13.7. The van der Waals surface area contributed by atoms with Crippen LogP contribution in [0.2, 0.25) is 0 Å². The minimum Gasteiger partial charge on any atom is -0.507 e. The lowest BCUT2D eigenvalue weighted by Crippen LogP contribution is -2.35. The van der Waals surface area contributed by atoms with Crippen LogP contribution in [-0.2, 0) is 4.79 Å². The quantitative estimate of drug-likeness (QED) is 0.631. The fourth-order valence-electron chi connectivity index (χ4n) is 2.05. The molecule has 6 heteroatoms. The maximum absolute atomic E-state index is 13.2. The smallest absolute Gasteiger partial charge is 0.281 e. The van der Waals surface area contributed by atoms with Crippen LogP contribution in [0.15, 0.2) is 47.6 Å². The van der Waals surface area contributed by atoms with Gasteiger partial charge in [0.25, 0.3) is 5.91 Å². The van der Waals surface area contributed by atoms with Crippen molar-refractivity contribution in [3.8, 4) is 11.5 Å². The molecule has 1 amide bonds. The number of phenols is 1. The second-order valence-corrected chi connectivity index (χ2v) is 5.22. The highest BCUT2D eigenvalue weighted by atomic mass is 19.1. The van der Waals surface area contributed by atoms with E-state index in [1.165, 1.54) is 24.4 Å². The largest absolute Gasteiger partial charge is 0.507 e. The van der Waals surface area contributed by atoms with Crippen molar-refractivity contribution in [2.45, 2.75) is 26.4 Å². The molecule has 0 spiro atoms. The Kier molecular flexibility index (Phi) is 5.89. The number of amides is 1. The molecule has 24 heavy (non-hydrogen) atoms. The third kappa shape index (κ3) is 4.55. The molecular weight excluding hydrogens is 311 g/mol. The number of benzene rings is 2. The van der Waals surface area contributed by atoms with Crippen LogP contribution in [0.3, 0.4) is 0 Å². The molecule has 5 nitrogen and oxygen atoms in total. The molecule has 2 rings (SSSR count). The maximum Gasteiger partial charge on any atom is 0.281 e. The zero-order chi connectivity index (χ0) is 17.5. The van der Waals surface area contributed by atoms with E-state index in [0.29, 0.717) is 17.5 Å². The molecule has 0 aromatic heterocycles. The lowest BCUT2D eigenvalue weighted by atomic mass is 10.1. The zero-order valence-electron chi connectivity index (χ0n) is 13.5. The molecule has 0 aliphatic heterocycles. The molecule has 1 unspecified atom stereocenters. The first-order valence-corrected chi connectivity index (χ1v) is 7.55. The topological polar surface area (TPSA) is 70.9 Å². The van der Waals surface area contributed by atoms with Gasteiger partial charge in [-0.3, -0.25) is 4.79 Å². The SMILES string of the molecule is CCC(Oc1cccc(F)c1)C(=O)NN=Cc1cccc(C)c1O. The highest BCUT2D eigenvalue weighted by Gasteiger charge is 2.18. The normalized spacial score (nSPS) is 12.1. The predicted molar refractivity (Wildman–Crippen MR) is 89.7 cm³/mol. The van der Waals surface area contributed by atoms with Gasteiger partial charge in [-0.05, 0) is 37.1 Å². The van der Waals surface area contributed by atoms with E-state index in [0.717, 1.165) is 0 Å². The van der Waals surface area contributed by atoms with E-state index in [4.69, 9.17) is 4.74 Å². The Morgan fingerprint density at radius 1 is 1.38 bits per heavy atom. The molecule has 2 N–H and O–H groups in total. The van der Waals surface area contributed by atoms with Gasteiger partial charge in [0.05, 0.1) is 6.21 Å². The number of hydrogen-bond donors (Lipinski definition) is 2. The van der Waals surface area contributed by atoms with Crippen molar-refractivity contribution in [1.82, 2.24) is 5.43 Å². The predicted octanol–water partition coefficient (Wildman–Crippen LogP) is 3.15. The number of nitrogens with one attached hydrogen (secondary N) is 1. The molecule has 0 bridgehead atoms. The number of hydrogen-bond acceptors (Lipinski definition) is 4. The number of para-hydroxylation sites is 1. The standard InChI is InChI=1S/C18H19FN2O3/c1-3-16(24-15-9-5-8-14(19)10-15)18(23)21-20-11-13-7-4-6-12(2)17(13)22/h4-11,16,22H,3H2,1-2H3,(H,21,23). The van der Waals surface area contributed by atoms with Crippen molar-refractivity contribution >= 4 is 12.1 Å². The van der Waals surface area contributed by atoms with Crippen molar-refractivity contribution in [2.24, 2.45) is 5.10 Å². The molecule has 0 radical (unpaired) electrons. The van der Waals surface area contributed by atoms with E-state index in [2.05, 4.69) is 10.5 Å². The molecule has 0 aliphatic carbocycles. The summed E-state index contributed by atoms with van der Waals surface area (Å²) in [4.78, 5) is 12.1. The van der Waals surface area contributed by atoms with Gasteiger partial charge >= 0.3 is 0 Å². The number of hydrazone groups is 1. The van der Waals surface area contributed by atoms with Crippen LogP contribution < -0.4 is 10.2 Å². The summed E-state index contributed by atoms with van der Waals surface area (Å²) in [6.45, 7) is 3.55. The fourth-order valence-corrected chi connectivity index (χ4v) is 2.05. The van der Waals surface area contributed by atoms with Gasteiger partial charge in [0.2, 0.25) is 0 Å². The lowest BCUT2D eigenvalue weighted by Gasteiger charge is -2.15. The number of halogens is 1. The monoisotopic (exact) mass is 330 g/mol. The molecule has 1 atom stereocenters. The number of nitrogens with zero attached hydrogens (tertiary/aromatic N) is 1. The molecule has 0 heterocycles. The number of ether oxygens (including phenoxy) is 1. The van der Waals surface area contributed by atoms with Crippen LogP contribution in [0.25, 0.3) is 0 Å². The molecule has 0 fully saturated rings. The number of phenolic OH excluding ortho intramolecular Hbond substituents is 1. The highest BCUT2D eigenvalue weighted by molar-refractivity contribution is 5.86. The van der Waals surface area contributed by atoms with Gasteiger partial charge in [0.1, 0.15) is 17.3 Å². The summed E-state index contributed by atoms with van der Waals surface area (Å²) in [5.41, 5.74) is 3.57. The van der Waals surface area contributed by atoms with Crippen molar-refractivity contribution in [1.29, 1.82) is 0 Å². The zero-order valence-corrected chi connectivity index (χ0v) is 13.5. The summed E-state index contributed by atoms with van der Waals surface area (Å²) in [7, 11) is 0. The summed E-state index contributed by atoms with van der Waals surface area (Å²) < 4.78 is 18.6. The summed E-state index contributed by atoms with van der Waals surface area (Å²) in [5.74, 6) is -0.503. The van der Waals surface area contributed by atoms with Gasteiger partial charge in [-0.1, -0.05) is 25.1 Å². The van der Waals surface area contributed by atoms with Crippen molar-refractivity contribution in [2.75, 3.05) is 0 Å². The van der Waals surface area contributed by atoms with Gasteiger partial charge in [-0.25, -0.2) is 9.82 Å². The Balaban J connectivity index is 1.99. The molecule has 0 saturated heterocycles. The molecule has 2 aromatic carbocycles. The van der Waals surface area contributed by atoms with Gasteiger partial charge < -0.3 is 9.84 Å². The number of carbonyl (C=O) groups is 1. The van der Waals surface area contributed by atoms with E-state index in [9.17, 15) is 14.3 Å². The first kappa shape index (κ1) is 17.5.